The maximum absolute atomic E-state index is 15.3. The number of carbonyl (C=O) groups is 1. The molecule has 1 N–H and O–H groups in total. The van der Waals surface area contributed by atoms with Crippen molar-refractivity contribution in [1.82, 2.24) is 14.9 Å². The van der Waals surface area contributed by atoms with Crippen molar-refractivity contribution in [3.05, 3.63) is 54.4 Å². The molecule has 0 spiro atoms. The molecule has 138 valence electrons. The Balaban J connectivity index is 1.71. The van der Waals surface area contributed by atoms with Gasteiger partial charge in [-0.1, -0.05) is 30.3 Å². The van der Waals surface area contributed by atoms with Crippen LogP contribution in [0.4, 0.5) is 15.1 Å². The molecule has 0 bridgehead atoms. The van der Waals surface area contributed by atoms with E-state index in [2.05, 4.69) is 15.3 Å². The molecule has 0 radical (unpaired) electrons. The lowest BCUT2D eigenvalue weighted by Crippen LogP contribution is -2.55. The molecule has 1 aromatic heterocycles. The van der Waals surface area contributed by atoms with Crippen molar-refractivity contribution < 1.29 is 13.9 Å². The maximum Gasteiger partial charge on any atom is 0.409 e. The first-order valence-corrected chi connectivity index (χ1v) is 8.72. The molecule has 6 nitrogen and oxygen atoms in total. The van der Waals surface area contributed by atoms with Crippen molar-refractivity contribution >= 4 is 12.0 Å². The molecule has 3 atom stereocenters. The number of nitrogens with zero attached hydrogens (tertiary/aromatic N) is 3. The molecule has 1 saturated heterocycles. The van der Waals surface area contributed by atoms with Gasteiger partial charge < -0.3 is 15.0 Å². The largest absolute Gasteiger partial charge is 0.453 e. The number of methoxy groups -OCH3 is 1. The lowest BCUT2D eigenvalue weighted by molar-refractivity contribution is 0.0238. The molecular weight excluding hydrogens is 335 g/mol. The molecule has 3 unspecified atom stereocenters. The van der Waals surface area contributed by atoms with Crippen LogP contribution in [-0.4, -0.2) is 53.4 Å². The molecule has 1 fully saturated rings. The Labute approximate surface area is 152 Å². The van der Waals surface area contributed by atoms with E-state index in [0.29, 0.717) is 31.9 Å². The van der Waals surface area contributed by atoms with Gasteiger partial charge in [0, 0.05) is 31.4 Å². The SMILES string of the molecule is COC(=O)N1CCC(CNc2ncccn2)C(F)C1Cc1ccccc1. The fourth-order valence-electron chi connectivity index (χ4n) is 3.37. The molecule has 0 aliphatic carbocycles. The number of alkyl halides is 1. The predicted molar refractivity (Wildman–Crippen MR) is 96.6 cm³/mol. The lowest BCUT2D eigenvalue weighted by Gasteiger charge is -2.41. The second kappa shape index (κ2) is 8.60. The summed E-state index contributed by atoms with van der Waals surface area (Å²) in [4.78, 5) is 21.8. The van der Waals surface area contributed by atoms with E-state index in [1.54, 1.807) is 18.5 Å². The first-order valence-electron chi connectivity index (χ1n) is 8.72. The van der Waals surface area contributed by atoms with Crippen LogP contribution in [0.15, 0.2) is 48.8 Å². The van der Waals surface area contributed by atoms with Crippen LogP contribution in [-0.2, 0) is 11.2 Å². The molecule has 2 aromatic rings. The number of anilines is 1. The minimum absolute atomic E-state index is 0.228. The van der Waals surface area contributed by atoms with E-state index in [0.717, 1.165) is 5.56 Å². The van der Waals surface area contributed by atoms with Crippen molar-refractivity contribution in [2.24, 2.45) is 5.92 Å². The van der Waals surface area contributed by atoms with Crippen LogP contribution in [0, 0.1) is 5.92 Å². The van der Waals surface area contributed by atoms with Gasteiger partial charge >= 0.3 is 6.09 Å². The van der Waals surface area contributed by atoms with Crippen LogP contribution in [0.25, 0.3) is 0 Å². The quantitative estimate of drug-likeness (QED) is 0.890. The average Bonchev–Trinajstić information content (AvgIpc) is 2.69. The van der Waals surface area contributed by atoms with E-state index >= 15 is 4.39 Å². The van der Waals surface area contributed by atoms with E-state index in [9.17, 15) is 4.79 Å². The summed E-state index contributed by atoms with van der Waals surface area (Å²) in [6.07, 6.45) is 2.64. The van der Waals surface area contributed by atoms with Crippen LogP contribution in [0.5, 0.6) is 0 Å². The summed E-state index contributed by atoms with van der Waals surface area (Å²) in [6.45, 7) is 0.887. The van der Waals surface area contributed by atoms with Crippen LogP contribution in [0.1, 0.15) is 12.0 Å². The van der Waals surface area contributed by atoms with Crippen molar-refractivity contribution in [2.45, 2.75) is 25.1 Å². The molecule has 3 rings (SSSR count). The summed E-state index contributed by atoms with van der Waals surface area (Å²) in [5, 5.41) is 3.09. The van der Waals surface area contributed by atoms with Crippen LogP contribution in [0.2, 0.25) is 0 Å². The lowest BCUT2D eigenvalue weighted by atomic mass is 9.86. The van der Waals surface area contributed by atoms with E-state index in [1.165, 1.54) is 12.0 Å². The first-order chi connectivity index (χ1) is 12.7. The highest BCUT2D eigenvalue weighted by atomic mass is 19.1. The van der Waals surface area contributed by atoms with Crippen molar-refractivity contribution in [3.8, 4) is 0 Å². The number of hydrogen-bond acceptors (Lipinski definition) is 5. The average molecular weight is 358 g/mol. The van der Waals surface area contributed by atoms with Gasteiger partial charge in [-0.25, -0.2) is 19.2 Å². The molecule has 7 heteroatoms. The fourth-order valence-corrected chi connectivity index (χ4v) is 3.37. The predicted octanol–water partition coefficient (Wildman–Crippen LogP) is 2.93. The monoisotopic (exact) mass is 358 g/mol. The molecule has 26 heavy (non-hydrogen) atoms. The van der Waals surface area contributed by atoms with Crippen molar-refractivity contribution in [2.75, 3.05) is 25.5 Å². The molecule has 1 aliphatic heterocycles. The number of likely N-dealkylation sites (tertiary alicyclic amines) is 1. The number of nitrogens with one attached hydrogen (secondary N) is 1. The molecule has 1 aromatic carbocycles. The number of halogens is 1. The Kier molecular flexibility index (Phi) is 5.99. The Hall–Kier alpha value is -2.70. The minimum atomic E-state index is -1.17. The summed E-state index contributed by atoms with van der Waals surface area (Å²) >= 11 is 0. The smallest absolute Gasteiger partial charge is 0.409 e. The Morgan fingerprint density at radius 1 is 1.27 bits per heavy atom. The molecule has 2 heterocycles. The minimum Gasteiger partial charge on any atom is -0.453 e. The highest BCUT2D eigenvalue weighted by Crippen LogP contribution is 2.29. The van der Waals surface area contributed by atoms with E-state index in [-0.39, 0.29) is 5.92 Å². The first kappa shape index (κ1) is 18.1. The zero-order chi connectivity index (χ0) is 18.4. The number of ether oxygens (including phenoxy) is 1. The fraction of sp³-hybridized carbons (Fsp3) is 0.421. The van der Waals surface area contributed by atoms with E-state index < -0.39 is 18.3 Å². The van der Waals surface area contributed by atoms with Crippen LogP contribution < -0.4 is 5.32 Å². The zero-order valence-electron chi connectivity index (χ0n) is 14.7. The van der Waals surface area contributed by atoms with Gasteiger partial charge in [-0.05, 0) is 24.5 Å². The summed E-state index contributed by atoms with van der Waals surface area (Å²) in [7, 11) is 1.33. The van der Waals surface area contributed by atoms with Gasteiger partial charge in [0.2, 0.25) is 5.95 Å². The standard InChI is InChI=1S/C19H23FN4O2/c1-26-19(25)24-11-8-15(13-23-18-21-9-5-10-22-18)17(20)16(24)12-14-6-3-2-4-7-14/h2-7,9-10,15-17H,8,11-13H2,1H3,(H,21,22,23). The Morgan fingerprint density at radius 3 is 2.69 bits per heavy atom. The number of rotatable bonds is 5. The Morgan fingerprint density at radius 2 is 2.00 bits per heavy atom. The number of benzene rings is 1. The Bertz CT molecular complexity index is 701. The number of piperidine rings is 1. The van der Waals surface area contributed by atoms with Gasteiger partial charge in [-0.15, -0.1) is 0 Å². The summed E-state index contributed by atoms with van der Waals surface area (Å²) in [5.74, 6) is 0.253. The number of aromatic nitrogens is 2. The van der Waals surface area contributed by atoms with Gasteiger partial charge in [0.05, 0.1) is 13.2 Å². The number of carbonyl (C=O) groups excluding carboxylic acids is 1. The van der Waals surface area contributed by atoms with Gasteiger partial charge in [-0.2, -0.15) is 0 Å². The summed E-state index contributed by atoms with van der Waals surface area (Å²) in [6, 6.07) is 10.8. The molecule has 0 saturated carbocycles. The zero-order valence-corrected chi connectivity index (χ0v) is 14.7. The third kappa shape index (κ3) is 4.28. The molecule has 1 amide bonds. The van der Waals surface area contributed by atoms with E-state index in [1.807, 2.05) is 30.3 Å². The highest BCUT2D eigenvalue weighted by Gasteiger charge is 2.40. The van der Waals surface area contributed by atoms with Crippen LogP contribution in [0.3, 0.4) is 0 Å². The van der Waals surface area contributed by atoms with Crippen molar-refractivity contribution in [3.63, 3.8) is 0 Å². The number of amides is 1. The third-order valence-electron chi connectivity index (χ3n) is 4.74. The third-order valence-corrected chi connectivity index (χ3v) is 4.74. The highest BCUT2D eigenvalue weighted by molar-refractivity contribution is 5.68. The van der Waals surface area contributed by atoms with Gasteiger partial charge in [-0.3, -0.25) is 0 Å². The van der Waals surface area contributed by atoms with Crippen molar-refractivity contribution in [1.29, 1.82) is 0 Å². The number of hydrogen-bond donors (Lipinski definition) is 1. The molecule has 1 aliphatic rings. The second-order valence-corrected chi connectivity index (χ2v) is 6.37. The van der Waals surface area contributed by atoms with E-state index in [4.69, 9.17) is 4.74 Å². The van der Waals surface area contributed by atoms with Gasteiger partial charge in [0.25, 0.3) is 0 Å². The van der Waals surface area contributed by atoms with Gasteiger partial charge in [0.1, 0.15) is 6.17 Å². The second-order valence-electron chi connectivity index (χ2n) is 6.37. The normalized spacial score (nSPS) is 22.7. The summed E-state index contributed by atoms with van der Waals surface area (Å²) < 4.78 is 20.2. The maximum atomic E-state index is 15.3. The van der Waals surface area contributed by atoms with Crippen LogP contribution >= 0.6 is 0 Å². The molecular formula is C19H23FN4O2. The summed E-state index contributed by atoms with van der Waals surface area (Å²) in [5.41, 5.74) is 0.994. The topological polar surface area (TPSA) is 67.3 Å². The van der Waals surface area contributed by atoms with Gasteiger partial charge in [0.15, 0.2) is 0 Å².